The molecule has 2 nitrogen and oxygen atoms in total. The smallest absolute Gasteiger partial charge is 0.149 e. The van der Waals surface area contributed by atoms with E-state index in [9.17, 15) is 4.79 Å². The van der Waals surface area contributed by atoms with E-state index < -0.39 is 0 Å². The zero-order valence-electron chi connectivity index (χ0n) is 11.6. The summed E-state index contributed by atoms with van der Waals surface area (Å²) in [6.45, 7) is 1.39. The first kappa shape index (κ1) is 14.7. The Hall–Kier alpha value is -0.670. The molecule has 1 aliphatic rings. The van der Waals surface area contributed by atoms with E-state index in [1.807, 2.05) is 25.2 Å². The molecule has 0 aliphatic heterocycles. The van der Waals surface area contributed by atoms with E-state index in [2.05, 4.69) is 26.9 Å². The number of nitrogens with zero attached hydrogens (tertiary/aromatic N) is 1. The summed E-state index contributed by atoms with van der Waals surface area (Å²) >= 11 is 3.56. The van der Waals surface area contributed by atoms with Crippen molar-refractivity contribution in [3.05, 3.63) is 34.3 Å². The first-order valence-corrected chi connectivity index (χ1v) is 7.91. The first-order valence-electron chi connectivity index (χ1n) is 7.11. The van der Waals surface area contributed by atoms with Crippen molar-refractivity contribution in [3.63, 3.8) is 0 Å². The minimum absolute atomic E-state index is 0.315. The molecule has 0 amide bonds. The lowest BCUT2D eigenvalue weighted by atomic mass is 9.86. The molecule has 0 spiro atoms. The van der Waals surface area contributed by atoms with Crippen LogP contribution in [0.5, 0.6) is 0 Å². The molecule has 0 bridgehead atoms. The van der Waals surface area contributed by atoms with Gasteiger partial charge in [0, 0.05) is 16.9 Å². The summed E-state index contributed by atoms with van der Waals surface area (Å²) in [6, 6.07) is 8.20. The van der Waals surface area contributed by atoms with Gasteiger partial charge >= 0.3 is 0 Å². The van der Waals surface area contributed by atoms with Crippen molar-refractivity contribution in [1.82, 2.24) is 4.90 Å². The number of carbonyl (C=O) groups is 1. The molecule has 0 heterocycles. The zero-order chi connectivity index (χ0) is 13.7. The summed E-state index contributed by atoms with van der Waals surface area (Å²) in [5.74, 6) is 0.740. The molecular formula is C16H22BrNO. The number of halogens is 1. The molecule has 0 atom stereocenters. The van der Waals surface area contributed by atoms with E-state index in [4.69, 9.17) is 0 Å². The van der Waals surface area contributed by atoms with Gasteiger partial charge in [0.15, 0.2) is 0 Å². The number of hydrogen-bond donors (Lipinski definition) is 0. The lowest BCUT2D eigenvalue weighted by Crippen LogP contribution is -2.31. The Morgan fingerprint density at radius 2 is 1.95 bits per heavy atom. The summed E-state index contributed by atoms with van der Waals surface area (Å²) in [4.78, 5) is 14.4. The van der Waals surface area contributed by atoms with Gasteiger partial charge in [0.2, 0.25) is 0 Å². The molecule has 19 heavy (non-hydrogen) atoms. The fraction of sp³-hybridized carbons (Fsp3) is 0.562. The van der Waals surface area contributed by atoms with E-state index in [1.165, 1.54) is 24.8 Å². The fourth-order valence-electron chi connectivity index (χ4n) is 2.79. The van der Waals surface area contributed by atoms with Crippen LogP contribution < -0.4 is 0 Å². The monoisotopic (exact) mass is 323 g/mol. The molecule has 1 aromatic rings. The molecule has 3 heteroatoms. The topological polar surface area (TPSA) is 20.3 Å². The summed E-state index contributed by atoms with van der Waals surface area (Å²) in [5, 5.41) is 0. The Labute approximate surface area is 124 Å². The van der Waals surface area contributed by atoms with Crippen LogP contribution in [0.1, 0.15) is 37.7 Å². The Morgan fingerprint density at radius 3 is 2.63 bits per heavy atom. The van der Waals surface area contributed by atoms with Crippen LogP contribution in [0.4, 0.5) is 0 Å². The Bertz CT molecular complexity index is 427. The second-order valence-corrected chi connectivity index (χ2v) is 6.42. The van der Waals surface area contributed by atoms with E-state index in [-0.39, 0.29) is 0 Å². The highest BCUT2D eigenvalue weighted by Gasteiger charge is 2.21. The highest BCUT2D eigenvalue weighted by Crippen LogP contribution is 2.25. The molecule has 0 radical (unpaired) electrons. The van der Waals surface area contributed by atoms with E-state index in [1.54, 1.807) is 0 Å². The lowest BCUT2D eigenvalue weighted by molar-refractivity contribution is -0.124. The number of rotatable bonds is 5. The van der Waals surface area contributed by atoms with Crippen molar-refractivity contribution in [3.8, 4) is 0 Å². The fourth-order valence-corrected chi connectivity index (χ4v) is 3.20. The van der Waals surface area contributed by atoms with Crippen LogP contribution in [-0.2, 0) is 11.3 Å². The van der Waals surface area contributed by atoms with Crippen LogP contribution in [0.3, 0.4) is 0 Å². The largest absolute Gasteiger partial charge is 0.298 e. The minimum atomic E-state index is 0.315. The molecule has 1 saturated carbocycles. The Kier molecular flexibility index (Phi) is 5.59. The Morgan fingerprint density at radius 1 is 1.26 bits per heavy atom. The standard InChI is InChI=1S/C16H22BrNO/c1-18(11-14-9-5-6-10-15(14)17)12-16(19)13-7-3-2-4-8-13/h5-6,9-10,13H,2-4,7-8,11-12H2,1H3. The predicted molar refractivity (Wildman–Crippen MR) is 82.1 cm³/mol. The molecule has 0 N–H and O–H groups in total. The first-order chi connectivity index (χ1) is 9.16. The van der Waals surface area contributed by atoms with Gasteiger partial charge in [-0.2, -0.15) is 0 Å². The SMILES string of the molecule is CN(CC(=O)C1CCCCC1)Cc1ccccc1Br. The van der Waals surface area contributed by atoms with Gasteiger partial charge in [0.05, 0.1) is 6.54 Å². The minimum Gasteiger partial charge on any atom is -0.298 e. The van der Waals surface area contributed by atoms with Crippen LogP contribution in [0, 0.1) is 5.92 Å². The number of ketones is 1. The van der Waals surface area contributed by atoms with E-state index in [0.29, 0.717) is 18.2 Å². The number of benzene rings is 1. The van der Waals surface area contributed by atoms with E-state index >= 15 is 0 Å². The molecule has 0 saturated heterocycles. The normalized spacial score (nSPS) is 16.8. The highest BCUT2D eigenvalue weighted by atomic mass is 79.9. The van der Waals surface area contributed by atoms with Gasteiger partial charge in [0.25, 0.3) is 0 Å². The Balaban J connectivity index is 1.85. The molecule has 0 unspecified atom stereocenters. The van der Waals surface area contributed by atoms with Crippen molar-refractivity contribution in [2.45, 2.75) is 38.6 Å². The van der Waals surface area contributed by atoms with Gasteiger partial charge in [-0.05, 0) is 31.5 Å². The number of Topliss-reactive ketones (excluding diaryl/α,β-unsaturated/α-hetero) is 1. The van der Waals surface area contributed by atoms with Gasteiger partial charge in [-0.3, -0.25) is 9.69 Å². The molecule has 1 aliphatic carbocycles. The predicted octanol–water partition coefficient (Wildman–Crippen LogP) is 4.03. The van der Waals surface area contributed by atoms with Crippen LogP contribution >= 0.6 is 15.9 Å². The van der Waals surface area contributed by atoms with Crippen LogP contribution in [0.15, 0.2) is 28.7 Å². The maximum Gasteiger partial charge on any atom is 0.149 e. The average molecular weight is 324 g/mol. The summed E-state index contributed by atoms with van der Waals surface area (Å²) in [7, 11) is 2.03. The third-order valence-electron chi connectivity index (χ3n) is 3.88. The van der Waals surface area contributed by atoms with Crippen molar-refractivity contribution in [2.75, 3.05) is 13.6 Å². The highest BCUT2D eigenvalue weighted by molar-refractivity contribution is 9.10. The van der Waals surface area contributed by atoms with Crippen LogP contribution in [0.25, 0.3) is 0 Å². The van der Waals surface area contributed by atoms with Gasteiger partial charge in [-0.1, -0.05) is 53.4 Å². The average Bonchev–Trinajstić information content (AvgIpc) is 2.42. The van der Waals surface area contributed by atoms with Crippen molar-refractivity contribution in [1.29, 1.82) is 0 Å². The van der Waals surface area contributed by atoms with Crippen molar-refractivity contribution < 1.29 is 4.79 Å². The van der Waals surface area contributed by atoms with Crippen molar-refractivity contribution >= 4 is 21.7 Å². The van der Waals surface area contributed by atoms with E-state index in [0.717, 1.165) is 23.9 Å². The number of carbonyl (C=O) groups excluding carboxylic acids is 1. The molecule has 1 fully saturated rings. The lowest BCUT2D eigenvalue weighted by Gasteiger charge is -2.23. The third-order valence-corrected chi connectivity index (χ3v) is 4.66. The van der Waals surface area contributed by atoms with Crippen LogP contribution in [0.2, 0.25) is 0 Å². The molecule has 2 rings (SSSR count). The van der Waals surface area contributed by atoms with Gasteiger partial charge in [-0.25, -0.2) is 0 Å². The van der Waals surface area contributed by atoms with Gasteiger partial charge in [0.1, 0.15) is 5.78 Å². The van der Waals surface area contributed by atoms with Gasteiger partial charge in [-0.15, -0.1) is 0 Å². The summed E-state index contributed by atoms with van der Waals surface area (Å²) in [5.41, 5.74) is 1.24. The maximum atomic E-state index is 12.2. The molecule has 1 aromatic carbocycles. The molecule has 0 aromatic heterocycles. The molecular weight excluding hydrogens is 302 g/mol. The summed E-state index contributed by atoms with van der Waals surface area (Å²) in [6.07, 6.45) is 5.95. The van der Waals surface area contributed by atoms with Crippen molar-refractivity contribution in [2.24, 2.45) is 5.92 Å². The van der Waals surface area contributed by atoms with Crippen LogP contribution in [-0.4, -0.2) is 24.3 Å². The number of likely N-dealkylation sites (N-methyl/N-ethyl adjacent to an activating group) is 1. The number of hydrogen-bond acceptors (Lipinski definition) is 2. The second kappa shape index (κ2) is 7.20. The quantitative estimate of drug-likeness (QED) is 0.815. The zero-order valence-corrected chi connectivity index (χ0v) is 13.2. The molecule has 104 valence electrons. The third kappa shape index (κ3) is 4.43. The van der Waals surface area contributed by atoms with Gasteiger partial charge < -0.3 is 0 Å². The summed E-state index contributed by atoms with van der Waals surface area (Å²) < 4.78 is 1.12. The maximum absolute atomic E-state index is 12.2. The second-order valence-electron chi connectivity index (χ2n) is 5.56.